The quantitative estimate of drug-likeness (QED) is 0.240. The van der Waals surface area contributed by atoms with E-state index in [0.29, 0.717) is 30.9 Å². The maximum Gasteiger partial charge on any atom is 0.204 e. The Bertz CT molecular complexity index is 556. The molecule has 1 aromatic rings. The first-order valence-electron chi connectivity index (χ1n) is 8.25. The molecule has 1 aromatic carbocycles. The molecule has 0 heterocycles. The Morgan fingerprint density at radius 1 is 1.12 bits per heavy atom. The summed E-state index contributed by atoms with van der Waals surface area (Å²) in [7, 11) is -2.15. The topological polar surface area (TPSA) is 54.0 Å². The fraction of sp³-hybridized carbons (Fsp3) is 0.647. The summed E-state index contributed by atoms with van der Waals surface area (Å²) < 4.78 is 34.2. The Hall–Kier alpha value is -0.813. The number of hydrogen-bond donors (Lipinski definition) is 0. The van der Waals surface area contributed by atoms with Crippen LogP contribution in [0.2, 0.25) is 25.7 Å². The smallest absolute Gasteiger partial charge is 0.204 e. The average molecular weight is 374 g/mol. The van der Waals surface area contributed by atoms with E-state index in [0.717, 1.165) is 11.6 Å². The van der Waals surface area contributed by atoms with Gasteiger partial charge in [0.1, 0.15) is 11.5 Å². The molecule has 0 aliphatic rings. The molecule has 0 saturated carbocycles. The molecular formula is C17H31O5PSi. The summed E-state index contributed by atoms with van der Waals surface area (Å²) in [6, 6.07) is 6.62. The van der Waals surface area contributed by atoms with Crippen molar-refractivity contribution in [3.8, 4) is 11.5 Å². The average Bonchev–Trinajstić information content (AvgIpc) is 2.44. The highest BCUT2D eigenvalue weighted by molar-refractivity contribution is 7.57. The zero-order valence-corrected chi connectivity index (χ0v) is 17.7. The third-order valence-electron chi connectivity index (χ3n) is 3.35. The van der Waals surface area contributed by atoms with E-state index in [9.17, 15) is 4.57 Å². The summed E-state index contributed by atoms with van der Waals surface area (Å²) in [6.45, 7) is 11.8. The van der Waals surface area contributed by atoms with Crippen LogP contribution in [-0.2, 0) is 20.0 Å². The van der Waals surface area contributed by atoms with Crippen molar-refractivity contribution in [1.29, 1.82) is 0 Å². The fourth-order valence-corrected chi connectivity index (χ4v) is 4.36. The number of methoxy groups -OCH3 is 1. The molecule has 0 bridgehead atoms. The van der Waals surface area contributed by atoms with Crippen molar-refractivity contribution >= 4 is 15.4 Å². The van der Waals surface area contributed by atoms with Crippen LogP contribution in [0.5, 0.6) is 11.5 Å². The Labute approximate surface area is 147 Å². The van der Waals surface area contributed by atoms with E-state index < -0.39 is 15.4 Å². The fourth-order valence-electron chi connectivity index (χ4n) is 2.12. The molecule has 1 atom stereocenters. The van der Waals surface area contributed by atoms with Gasteiger partial charge in [-0.05, 0) is 30.7 Å². The van der Waals surface area contributed by atoms with Crippen LogP contribution in [-0.4, -0.2) is 41.9 Å². The molecule has 0 saturated heterocycles. The van der Waals surface area contributed by atoms with Gasteiger partial charge in [0, 0.05) is 33.6 Å². The monoisotopic (exact) mass is 374 g/mol. The maximum atomic E-state index is 12.4. The minimum Gasteiger partial charge on any atom is -0.497 e. The second kappa shape index (κ2) is 9.61. The lowest BCUT2D eigenvalue weighted by atomic mass is 10.2. The Balaban J connectivity index is 2.64. The third kappa shape index (κ3) is 8.88. The van der Waals surface area contributed by atoms with E-state index in [4.69, 9.17) is 18.7 Å². The summed E-state index contributed by atoms with van der Waals surface area (Å²) in [5.41, 5.74) is 0.866. The van der Waals surface area contributed by atoms with E-state index in [1.54, 1.807) is 19.8 Å². The summed E-state index contributed by atoms with van der Waals surface area (Å²) >= 11 is 0. The van der Waals surface area contributed by atoms with Crippen LogP contribution >= 0.6 is 7.37 Å². The van der Waals surface area contributed by atoms with E-state index in [1.165, 1.54) is 0 Å². The van der Waals surface area contributed by atoms with E-state index >= 15 is 0 Å². The van der Waals surface area contributed by atoms with Crippen molar-refractivity contribution < 1.29 is 23.3 Å². The second-order valence-electron chi connectivity index (χ2n) is 7.09. The summed E-state index contributed by atoms with van der Waals surface area (Å²) in [5.74, 6) is 1.31. The molecule has 7 heteroatoms. The third-order valence-corrected chi connectivity index (χ3v) is 6.80. The van der Waals surface area contributed by atoms with Crippen LogP contribution in [0.1, 0.15) is 12.5 Å². The van der Waals surface area contributed by atoms with Crippen molar-refractivity contribution in [2.75, 3.05) is 33.8 Å². The highest BCUT2D eigenvalue weighted by Gasteiger charge is 2.17. The van der Waals surface area contributed by atoms with Gasteiger partial charge >= 0.3 is 0 Å². The SMILES string of the molecule is CCOP(C)(=O)Cc1cc(OC)cc(OCOCC[Si](C)(C)C)c1. The summed E-state index contributed by atoms with van der Waals surface area (Å²) in [4.78, 5) is 0. The molecule has 0 N–H and O–H groups in total. The molecule has 0 aromatic heterocycles. The Morgan fingerprint density at radius 3 is 2.38 bits per heavy atom. The van der Waals surface area contributed by atoms with Gasteiger partial charge in [0.15, 0.2) is 6.79 Å². The van der Waals surface area contributed by atoms with Crippen LogP contribution in [0, 0.1) is 0 Å². The van der Waals surface area contributed by atoms with Crippen molar-refractivity contribution in [2.24, 2.45) is 0 Å². The first-order chi connectivity index (χ1) is 11.1. The number of ether oxygens (including phenoxy) is 3. The molecule has 0 spiro atoms. The van der Waals surface area contributed by atoms with Gasteiger partial charge in [0.25, 0.3) is 0 Å². The first-order valence-corrected chi connectivity index (χ1v) is 14.2. The van der Waals surface area contributed by atoms with Gasteiger partial charge in [-0.1, -0.05) is 19.6 Å². The van der Waals surface area contributed by atoms with Crippen LogP contribution in [0.15, 0.2) is 18.2 Å². The number of rotatable bonds is 11. The van der Waals surface area contributed by atoms with Crippen molar-refractivity contribution in [3.63, 3.8) is 0 Å². The Morgan fingerprint density at radius 2 is 1.79 bits per heavy atom. The molecule has 138 valence electrons. The highest BCUT2D eigenvalue weighted by atomic mass is 31.2. The van der Waals surface area contributed by atoms with Crippen LogP contribution < -0.4 is 9.47 Å². The van der Waals surface area contributed by atoms with Gasteiger partial charge in [0.2, 0.25) is 7.37 Å². The molecule has 24 heavy (non-hydrogen) atoms. The lowest BCUT2D eigenvalue weighted by molar-refractivity contribution is 0.0219. The normalized spacial score (nSPS) is 14.2. The largest absolute Gasteiger partial charge is 0.497 e. The minimum atomic E-state index is -2.66. The van der Waals surface area contributed by atoms with Crippen LogP contribution in [0.4, 0.5) is 0 Å². The van der Waals surface area contributed by atoms with Crippen LogP contribution in [0.3, 0.4) is 0 Å². The van der Waals surface area contributed by atoms with Crippen molar-refractivity contribution in [3.05, 3.63) is 23.8 Å². The van der Waals surface area contributed by atoms with Gasteiger partial charge in [-0.2, -0.15) is 0 Å². The summed E-state index contributed by atoms with van der Waals surface area (Å²) in [6.07, 6.45) is 0.352. The Kier molecular flexibility index (Phi) is 8.50. The predicted molar refractivity (Wildman–Crippen MR) is 101 cm³/mol. The molecule has 1 rings (SSSR count). The standard InChI is InChI=1S/C17H31O5PSi/c1-7-22-23(3,18)13-15-10-16(19-2)12-17(11-15)21-14-20-8-9-24(4,5)6/h10-12H,7-9,13-14H2,1-6H3. The van der Waals surface area contributed by atoms with Gasteiger partial charge in [-0.25, -0.2) is 0 Å². The molecule has 0 aliphatic heterocycles. The summed E-state index contributed by atoms with van der Waals surface area (Å²) in [5, 5.41) is 0. The predicted octanol–water partition coefficient (Wildman–Crippen LogP) is 4.83. The molecule has 0 amide bonds. The van der Waals surface area contributed by atoms with Crippen molar-refractivity contribution in [2.45, 2.75) is 38.8 Å². The van der Waals surface area contributed by atoms with Gasteiger partial charge < -0.3 is 18.7 Å². The maximum absolute atomic E-state index is 12.4. The van der Waals surface area contributed by atoms with Gasteiger partial charge in [-0.3, -0.25) is 4.57 Å². The molecule has 0 aliphatic carbocycles. The van der Waals surface area contributed by atoms with Gasteiger partial charge in [-0.15, -0.1) is 0 Å². The zero-order valence-electron chi connectivity index (χ0n) is 15.8. The van der Waals surface area contributed by atoms with E-state index in [2.05, 4.69) is 19.6 Å². The molecular weight excluding hydrogens is 343 g/mol. The molecule has 1 unspecified atom stereocenters. The minimum absolute atomic E-state index is 0.201. The van der Waals surface area contributed by atoms with E-state index in [1.807, 2.05) is 19.1 Å². The van der Waals surface area contributed by atoms with Crippen LogP contribution in [0.25, 0.3) is 0 Å². The lowest BCUT2D eigenvalue weighted by Gasteiger charge is -2.16. The molecule has 0 radical (unpaired) electrons. The van der Waals surface area contributed by atoms with Gasteiger partial charge in [0.05, 0.1) is 13.7 Å². The zero-order chi connectivity index (χ0) is 18.2. The number of benzene rings is 1. The highest BCUT2D eigenvalue weighted by Crippen LogP contribution is 2.46. The molecule has 5 nitrogen and oxygen atoms in total. The lowest BCUT2D eigenvalue weighted by Crippen LogP contribution is -2.22. The molecule has 0 fully saturated rings. The van der Waals surface area contributed by atoms with Crippen molar-refractivity contribution in [1.82, 2.24) is 0 Å². The number of hydrogen-bond acceptors (Lipinski definition) is 5. The first kappa shape index (κ1) is 21.2. The second-order valence-corrected chi connectivity index (χ2v) is 15.3. The van der Waals surface area contributed by atoms with E-state index in [-0.39, 0.29) is 6.79 Å².